The fourth-order valence-electron chi connectivity index (χ4n) is 1.36. The number of carboxylic acid groups (broad SMARTS) is 1. The van der Waals surface area contributed by atoms with Crippen molar-refractivity contribution in [3.05, 3.63) is 35.6 Å². The Kier molecular flexibility index (Phi) is 2.36. The summed E-state index contributed by atoms with van der Waals surface area (Å²) in [7, 11) is 0. The van der Waals surface area contributed by atoms with E-state index in [4.69, 9.17) is 5.11 Å². The van der Waals surface area contributed by atoms with Crippen molar-refractivity contribution in [3.8, 4) is 17.0 Å². The van der Waals surface area contributed by atoms with Crippen LogP contribution in [0.3, 0.4) is 0 Å². The molecule has 2 aromatic rings. The molecule has 82 valence electrons. The van der Waals surface area contributed by atoms with Crippen molar-refractivity contribution in [2.45, 2.75) is 6.92 Å². The Labute approximate surface area is 90.9 Å². The normalized spacial score (nSPS) is 10.3. The van der Waals surface area contributed by atoms with Crippen LogP contribution in [-0.4, -0.2) is 21.3 Å². The number of carboxylic acids is 1. The summed E-state index contributed by atoms with van der Waals surface area (Å²) in [5, 5.41) is 21.9. The number of aromatic carboxylic acids is 1. The fraction of sp³-hybridized carbons (Fsp3) is 0.0909. The van der Waals surface area contributed by atoms with Crippen molar-refractivity contribution in [2.75, 3.05) is 0 Å². The van der Waals surface area contributed by atoms with Gasteiger partial charge in [-0.3, -0.25) is 0 Å². The van der Waals surface area contributed by atoms with Gasteiger partial charge in [0.05, 0.1) is 0 Å². The lowest BCUT2D eigenvalue weighted by atomic mass is 10.1. The number of aromatic hydroxyl groups is 1. The Bertz CT molecular complexity index is 545. The van der Waals surface area contributed by atoms with Gasteiger partial charge >= 0.3 is 5.97 Å². The molecular weight excluding hydrogens is 210 g/mol. The van der Waals surface area contributed by atoms with Gasteiger partial charge in [0.2, 0.25) is 5.76 Å². The number of phenolic OH excluding ortho intramolecular Hbond substituents is 1. The van der Waals surface area contributed by atoms with E-state index in [0.29, 0.717) is 11.3 Å². The van der Waals surface area contributed by atoms with Gasteiger partial charge in [0, 0.05) is 11.6 Å². The van der Waals surface area contributed by atoms with Crippen molar-refractivity contribution in [1.82, 2.24) is 5.16 Å². The molecule has 1 aromatic carbocycles. The Morgan fingerprint density at radius 2 is 2.12 bits per heavy atom. The highest BCUT2D eigenvalue weighted by molar-refractivity contribution is 5.86. The number of phenols is 1. The van der Waals surface area contributed by atoms with Crippen LogP contribution >= 0.6 is 0 Å². The van der Waals surface area contributed by atoms with E-state index in [0.717, 1.165) is 5.56 Å². The maximum atomic E-state index is 10.6. The van der Waals surface area contributed by atoms with Gasteiger partial charge < -0.3 is 14.7 Å². The maximum Gasteiger partial charge on any atom is 0.374 e. The van der Waals surface area contributed by atoms with Crippen LogP contribution in [0.5, 0.6) is 5.75 Å². The first-order valence-electron chi connectivity index (χ1n) is 4.58. The minimum Gasteiger partial charge on any atom is -0.507 e. The number of benzene rings is 1. The third-order valence-electron chi connectivity index (χ3n) is 2.15. The van der Waals surface area contributed by atoms with Gasteiger partial charge in [0.25, 0.3) is 0 Å². The fourth-order valence-corrected chi connectivity index (χ4v) is 1.36. The Morgan fingerprint density at radius 1 is 1.38 bits per heavy atom. The highest BCUT2D eigenvalue weighted by Gasteiger charge is 2.14. The SMILES string of the molecule is Cc1ccc(-c2cc(C(=O)O)on2)c(O)c1. The Morgan fingerprint density at radius 3 is 2.69 bits per heavy atom. The van der Waals surface area contributed by atoms with Gasteiger partial charge in [0.1, 0.15) is 11.4 Å². The quantitative estimate of drug-likeness (QED) is 0.807. The minimum absolute atomic E-state index is 0.0465. The number of hydrogen-bond donors (Lipinski definition) is 2. The average molecular weight is 219 g/mol. The molecule has 1 heterocycles. The predicted molar refractivity (Wildman–Crippen MR) is 55.3 cm³/mol. The first-order chi connectivity index (χ1) is 7.58. The van der Waals surface area contributed by atoms with Crippen LogP contribution in [0.15, 0.2) is 28.8 Å². The van der Waals surface area contributed by atoms with Crippen LogP contribution in [-0.2, 0) is 0 Å². The molecule has 2 N–H and O–H groups in total. The van der Waals surface area contributed by atoms with Gasteiger partial charge in [-0.1, -0.05) is 11.2 Å². The van der Waals surface area contributed by atoms with E-state index < -0.39 is 5.97 Å². The first kappa shape index (κ1) is 10.2. The molecule has 2 rings (SSSR count). The maximum absolute atomic E-state index is 10.6. The molecule has 0 saturated carbocycles. The van der Waals surface area contributed by atoms with Crippen molar-refractivity contribution < 1.29 is 19.5 Å². The molecule has 1 aromatic heterocycles. The van der Waals surface area contributed by atoms with Gasteiger partial charge in [-0.05, 0) is 24.6 Å². The molecule has 0 fully saturated rings. The van der Waals surface area contributed by atoms with Crippen molar-refractivity contribution in [1.29, 1.82) is 0 Å². The molecule has 0 atom stereocenters. The minimum atomic E-state index is -1.19. The Hall–Kier alpha value is -2.30. The van der Waals surface area contributed by atoms with E-state index in [1.54, 1.807) is 18.2 Å². The molecule has 0 aliphatic carbocycles. The molecule has 0 spiro atoms. The van der Waals surface area contributed by atoms with Crippen LogP contribution in [0, 0.1) is 6.92 Å². The summed E-state index contributed by atoms with van der Waals surface area (Å²) in [5.41, 5.74) is 1.65. The molecule has 0 saturated heterocycles. The summed E-state index contributed by atoms with van der Waals surface area (Å²) in [5.74, 6) is -1.40. The van der Waals surface area contributed by atoms with Crippen molar-refractivity contribution in [3.63, 3.8) is 0 Å². The average Bonchev–Trinajstić information content (AvgIpc) is 2.66. The number of rotatable bonds is 2. The van der Waals surface area contributed by atoms with Gasteiger partial charge in [-0.25, -0.2) is 4.79 Å². The Balaban J connectivity index is 2.46. The van der Waals surface area contributed by atoms with E-state index in [2.05, 4.69) is 9.68 Å². The predicted octanol–water partition coefficient (Wildman–Crippen LogP) is 2.05. The molecular formula is C11H9NO4. The van der Waals surface area contributed by atoms with Crippen LogP contribution in [0.1, 0.15) is 16.1 Å². The summed E-state index contributed by atoms with van der Waals surface area (Å²) in [6.45, 7) is 1.84. The largest absolute Gasteiger partial charge is 0.507 e. The summed E-state index contributed by atoms with van der Waals surface area (Å²) in [6.07, 6.45) is 0. The lowest BCUT2D eigenvalue weighted by Crippen LogP contribution is -1.91. The van der Waals surface area contributed by atoms with Crippen molar-refractivity contribution >= 4 is 5.97 Å². The van der Waals surface area contributed by atoms with Crippen molar-refractivity contribution in [2.24, 2.45) is 0 Å². The molecule has 0 amide bonds. The third kappa shape index (κ3) is 1.75. The third-order valence-corrected chi connectivity index (χ3v) is 2.15. The number of aromatic nitrogens is 1. The summed E-state index contributed by atoms with van der Waals surface area (Å²) < 4.78 is 4.61. The molecule has 16 heavy (non-hydrogen) atoms. The summed E-state index contributed by atoms with van der Waals surface area (Å²) >= 11 is 0. The number of hydrogen-bond acceptors (Lipinski definition) is 4. The zero-order valence-corrected chi connectivity index (χ0v) is 8.47. The number of nitrogens with zero attached hydrogens (tertiary/aromatic N) is 1. The van der Waals surface area contributed by atoms with E-state index in [-0.39, 0.29) is 11.5 Å². The molecule has 0 unspecified atom stereocenters. The van der Waals surface area contributed by atoms with Crippen LogP contribution < -0.4 is 0 Å². The second-order valence-electron chi connectivity index (χ2n) is 3.40. The van der Waals surface area contributed by atoms with E-state index in [9.17, 15) is 9.90 Å². The standard InChI is InChI=1S/C11H9NO4/c1-6-2-3-7(9(13)4-6)8-5-10(11(14)15)16-12-8/h2-5,13H,1H3,(H,14,15). The van der Waals surface area contributed by atoms with Crippen LogP contribution in [0.2, 0.25) is 0 Å². The number of carbonyl (C=O) groups is 1. The molecule has 5 heteroatoms. The smallest absolute Gasteiger partial charge is 0.374 e. The lowest BCUT2D eigenvalue weighted by Gasteiger charge is -2.00. The van der Waals surface area contributed by atoms with E-state index in [1.165, 1.54) is 6.07 Å². The second kappa shape index (κ2) is 3.69. The van der Waals surface area contributed by atoms with Gasteiger partial charge in [0.15, 0.2) is 0 Å². The molecule has 0 aliphatic heterocycles. The van der Waals surface area contributed by atoms with Gasteiger partial charge in [-0.2, -0.15) is 0 Å². The lowest BCUT2D eigenvalue weighted by molar-refractivity contribution is 0.0652. The topological polar surface area (TPSA) is 83.6 Å². The van der Waals surface area contributed by atoms with Crippen LogP contribution in [0.4, 0.5) is 0 Å². The second-order valence-corrected chi connectivity index (χ2v) is 3.40. The zero-order valence-electron chi connectivity index (χ0n) is 8.47. The summed E-state index contributed by atoms with van der Waals surface area (Å²) in [6, 6.07) is 6.30. The molecule has 0 aliphatic rings. The highest BCUT2D eigenvalue weighted by atomic mass is 16.5. The van der Waals surface area contributed by atoms with E-state index in [1.807, 2.05) is 6.92 Å². The molecule has 0 bridgehead atoms. The monoisotopic (exact) mass is 219 g/mol. The zero-order chi connectivity index (χ0) is 11.7. The highest BCUT2D eigenvalue weighted by Crippen LogP contribution is 2.29. The summed E-state index contributed by atoms with van der Waals surface area (Å²) in [4.78, 5) is 10.6. The number of aryl methyl sites for hydroxylation is 1. The van der Waals surface area contributed by atoms with Gasteiger partial charge in [-0.15, -0.1) is 0 Å². The van der Waals surface area contributed by atoms with E-state index >= 15 is 0 Å². The molecule has 5 nitrogen and oxygen atoms in total. The molecule has 0 radical (unpaired) electrons. The first-order valence-corrected chi connectivity index (χ1v) is 4.58. The van der Waals surface area contributed by atoms with Crippen LogP contribution in [0.25, 0.3) is 11.3 Å².